The summed E-state index contributed by atoms with van der Waals surface area (Å²) in [6.45, 7) is 10.3. The Kier molecular flexibility index (Phi) is 4.83. The zero-order valence-electron chi connectivity index (χ0n) is 8.50. The van der Waals surface area contributed by atoms with Crippen molar-refractivity contribution in [1.29, 1.82) is 5.26 Å². The van der Waals surface area contributed by atoms with Gasteiger partial charge in [-0.15, -0.1) is 0 Å². The van der Waals surface area contributed by atoms with Gasteiger partial charge < -0.3 is 4.90 Å². The Morgan fingerprint density at radius 1 is 1.69 bits per heavy atom. The Morgan fingerprint density at radius 3 is 2.54 bits per heavy atom. The lowest BCUT2D eigenvalue weighted by molar-refractivity contribution is -0.132. The van der Waals surface area contributed by atoms with Crippen molar-refractivity contribution in [3.8, 4) is 6.07 Å². The summed E-state index contributed by atoms with van der Waals surface area (Å²) in [5, 5.41) is 8.56. The summed E-state index contributed by atoms with van der Waals surface area (Å²) in [6.07, 6.45) is 0. The van der Waals surface area contributed by atoms with E-state index >= 15 is 0 Å². The fourth-order valence-corrected chi connectivity index (χ4v) is 1.00. The molecular formula is C10H16N2O. The minimum absolute atomic E-state index is 0.118. The lowest BCUT2D eigenvalue weighted by atomic mass is 10.1. The number of hydrogen-bond donors (Lipinski definition) is 0. The maximum atomic E-state index is 11.5. The van der Waals surface area contributed by atoms with Gasteiger partial charge in [-0.05, 0) is 20.8 Å². The summed E-state index contributed by atoms with van der Waals surface area (Å²) >= 11 is 0. The standard InChI is InChI=1S/C10H16N2O/c1-5-12(7-8(2)3)10(13)9(4)6-11/h9H,2,5,7H2,1,3-4H3. The molecule has 1 unspecified atom stereocenters. The van der Waals surface area contributed by atoms with Gasteiger partial charge in [0.05, 0.1) is 6.07 Å². The lowest BCUT2D eigenvalue weighted by Gasteiger charge is -2.21. The molecule has 0 spiro atoms. The van der Waals surface area contributed by atoms with Crippen molar-refractivity contribution in [1.82, 2.24) is 4.90 Å². The van der Waals surface area contributed by atoms with Gasteiger partial charge >= 0.3 is 0 Å². The quantitative estimate of drug-likeness (QED) is 0.616. The number of hydrogen-bond acceptors (Lipinski definition) is 2. The van der Waals surface area contributed by atoms with Gasteiger partial charge in [-0.25, -0.2) is 0 Å². The topological polar surface area (TPSA) is 44.1 Å². The highest BCUT2D eigenvalue weighted by Crippen LogP contribution is 2.03. The van der Waals surface area contributed by atoms with Crippen molar-refractivity contribution in [2.24, 2.45) is 5.92 Å². The molecule has 1 amide bonds. The minimum Gasteiger partial charge on any atom is -0.338 e. The van der Waals surface area contributed by atoms with Gasteiger partial charge in [0.1, 0.15) is 5.92 Å². The second-order valence-electron chi connectivity index (χ2n) is 3.16. The van der Waals surface area contributed by atoms with Gasteiger partial charge in [-0.1, -0.05) is 12.2 Å². The first-order valence-corrected chi connectivity index (χ1v) is 4.35. The summed E-state index contributed by atoms with van der Waals surface area (Å²) in [5.41, 5.74) is 0.931. The molecule has 3 heteroatoms. The van der Waals surface area contributed by atoms with Gasteiger partial charge in [0.15, 0.2) is 0 Å². The molecule has 0 aromatic carbocycles. The molecule has 0 saturated carbocycles. The summed E-state index contributed by atoms with van der Waals surface area (Å²) in [5.74, 6) is -0.674. The van der Waals surface area contributed by atoms with Crippen LogP contribution in [0.3, 0.4) is 0 Å². The van der Waals surface area contributed by atoms with Gasteiger partial charge in [0, 0.05) is 13.1 Å². The predicted octanol–water partition coefficient (Wildman–Crippen LogP) is 1.57. The first-order chi connectivity index (χ1) is 6.02. The molecule has 0 fully saturated rings. The monoisotopic (exact) mass is 180 g/mol. The van der Waals surface area contributed by atoms with Gasteiger partial charge in [-0.2, -0.15) is 5.26 Å². The molecule has 0 aliphatic carbocycles. The molecule has 0 aromatic heterocycles. The second-order valence-corrected chi connectivity index (χ2v) is 3.16. The number of carbonyl (C=O) groups excluding carboxylic acids is 1. The number of nitriles is 1. The molecule has 0 N–H and O–H groups in total. The normalized spacial score (nSPS) is 11.5. The highest BCUT2D eigenvalue weighted by molar-refractivity contribution is 5.80. The van der Waals surface area contributed by atoms with Crippen LogP contribution in [0.4, 0.5) is 0 Å². The maximum Gasteiger partial charge on any atom is 0.239 e. The van der Waals surface area contributed by atoms with Crippen molar-refractivity contribution in [2.75, 3.05) is 13.1 Å². The smallest absolute Gasteiger partial charge is 0.239 e. The molecule has 3 nitrogen and oxygen atoms in total. The first kappa shape index (κ1) is 11.7. The minimum atomic E-state index is -0.556. The van der Waals surface area contributed by atoms with E-state index in [2.05, 4.69) is 6.58 Å². The van der Waals surface area contributed by atoms with E-state index in [0.717, 1.165) is 5.57 Å². The van der Waals surface area contributed by atoms with Crippen LogP contribution in [0.15, 0.2) is 12.2 Å². The Balaban J connectivity index is 4.33. The fraction of sp³-hybridized carbons (Fsp3) is 0.600. The van der Waals surface area contributed by atoms with Crippen LogP contribution in [-0.4, -0.2) is 23.9 Å². The van der Waals surface area contributed by atoms with E-state index in [1.807, 2.05) is 19.9 Å². The van der Waals surface area contributed by atoms with Crippen molar-refractivity contribution >= 4 is 5.91 Å². The summed E-state index contributed by atoms with van der Waals surface area (Å²) in [4.78, 5) is 13.1. The average Bonchev–Trinajstić information content (AvgIpc) is 2.11. The Labute approximate surface area is 79.6 Å². The maximum absolute atomic E-state index is 11.5. The van der Waals surface area contributed by atoms with Crippen molar-refractivity contribution in [3.05, 3.63) is 12.2 Å². The SMILES string of the molecule is C=C(C)CN(CC)C(=O)C(C)C#N. The first-order valence-electron chi connectivity index (χ1n) is 4.35. The van der Waals surface area contributed by atoms with E-state index in [-0.39, 0.29) is 5.91 Å². The van der Waals surface area contributed by atoms with Crippen LogP contribution >= 0.6 is 0 Å². The Morgan fingerprint density at radius 2 is 2.23 bits per heavy atom. The summed E-state index contributed by atoms with van der Waals surface area (Å²) in [6, 6.07) is 1.93. The van der Waals surface area contributed by atoms with Crippen LogP contribution in [-0.2, 0) is 4.79 Å². The summed E-state index contributed by atoms with van der Waals surface area (Å²) < 4.78 is 0. The molecule has 0 radical (unpaired) electrons. The van der Waals surface area contributed by atoms with Gasteiger partial charge in [0.25, 0.3) is 0 Å². The van der Waals surface area contributed by atoms with Crippen molar-refractivity contribution < 1.29 is 4.79 Å². The van der Waals surface area contributed by atoms with E-state index < -0.39 is 5.92 Å². The van der Waals surface area contributed by atoms with Crippen molar-refractivity contribution in [3.63, 3.8) is 0 Å². The number of carbonyl (C=O) groups is 1. The predicted molar refractivity (Wildman–Crippen MR) is 51.8 cm³/mol. The zero-order chi connectivity index (χ0) is 10.4. The van der Waals surface area contributed by atoms with Crippen LogP contribution in [0.25, 0.3) is 0 Å². The molecule has 0 saturated heterocycles. The highest BCUT2D eigenvalue weighted by atomic mass is 16.2. The molecule has 0 rings (SSSR count). The number of rotatable bonds is 4. The third-order valence-corrected chi connectivity index (χ3v) is 1.72. The number of likely N-dealkylation sites (N-methyl/N-ethyl adjacent to an activating group) is 1. The summed E-state index contributed by atoms with van der Waals surface area (Å²) in [7, 11) is 0. The molecule has 72 valence electrons. The lowest BCUT2D eigenvalue weighted by Crippen LogP contribution is -2.35. The van der Waals surface area contributed by atoms with E-state index in [9.17, 15) is 4.79 Å². The Bertz CT molecular complexity index is 240. The van der Waals surface area contributed by atoms with Crippen LogP contribution in [0, 0.1) is 17.2 Å². The second kappa shape index (κ2) is 5.36. The van der Waals surface area contributed by atoms with E-state index in [1.165, 1.54) is 0 Å². The molecule has 0 aliphatic rings. The largest absolute Gasteiger partial charge is 0.338 e. The highest BCUT2D eigenvalue weighted by Gasteiger charge is 2.18. The molecule has 0 heterocycles. The Hall–Kier alpha value is -1.30. The van der Waals surface area contributed by atoms with E-state index in [1.54, 1.807) is 11.8 Å². The third-order valence-electron chi connectivity index (χ3n) is 1.72. The zero-order valence-corrected chi connectivity index (χ0v) is 8.50. The number of nitrogens with zero attached hydrogens (tertiary/aromatic N) is 2. The molecule has 13 heavy (non-hydrogen) atoms. The molecule has 0 aromatic rings. The van der Waals surface area contributed by atoms with E-state index in [4.69, 9.17) is 5.26 Å². The van der Waals surface area contributed by atoms with Crippen LogP contribution < -0.4 is 0 Å². The van der Waals surface area contributed by atoms with Crippen molar-refractivity contribution in [2.45, 2.75) is 20.8 Å². The fourth-order valence-electron chi connectivity index (χ4n) is 1.00. The van der Waals surface area contributed by atoms with E-state index in [0.29, 0.717) is 13.1 Å². The molecular weight excluding hydrogens is 164 g/mol. The van der Waals surface area contributed by atoms with Crippen LogP contribution in [0.5, 0.6) is 0 Å². The number of amides is 1. The van der Waals surface area contributed by atoms with Gasteiger partial charge in [0.2, 0.25) is 5.91 Å². The molecule has 0 bridgehead atoms. The van der Waals surface area contributed by atoms with Gasteiger partial charge in [-0.3, -0.25) is 4.79 Å². The average molecular weight is 180 g/mol. The molecule has 0 aliphatic heterocycles. The molecule has 1 atom stereocenters. The van der Waals surface area contributed by atoms with Crippen LogP contribution in [0.1, 0.15) is 20.8 Å². The third kappa shape index (κ3) is 3.75. The van der Waals surface area contributed by atoms with Crippen LogP contribution in [0.2, 0.25) is 0 Å².